The number of ether oxygens (including phenoxy) is 1. The van der Waals surface area contributed by atoms with Gasteiger partial charge in [0.15, 0.2) is 5.96 Å². The number of fused-ring (bicyclic) bond motifs is 1. The summed E-state index contributed by atoms with van der Waals surface area (Å²) in [7, 11) is 0. The maximum absolute atomic E-state index is 13.3. The van der Waals surface area contributed by atoms with E-state index in [1.807, 2.05) is 31.3 Å². The summed E-state index contributed by atoms with van der Waals surface area (Å²) in [5, 5.41) is 10.2. The number of guanidine groups is 1. The third-order valence-corrected chi connectivity index (χ3v) is 4.54. The quantitative estimate of drug-likeness (QED) is 0.240. The average Bonchev–Trinajstić information content (AvgIpc) is 3.13. The molecule has 0 bridgehead atoms. The van der Waals surface area contributed by atoms with E-state index in [1.165, 1.54) is 19.1 Å². The molecule has 0 atom stereocenters. The Balaban J connectivity index is 1.48. The first-order valence-corrected chi connectivity index (χ1v) is 10.3. The van der Waals surface area contributed by atoms with E-state index in [2.05, 4.69) is 25.9 Å². The molecule has 3 rings (SSSR count). The van der Waals surface area contributed by atoms with Crippen LogP contribution < -0.4 is 20.7 Å². The predicted molar refractivity (Wildman–Crippen MR) is 122 cm³/mol. The van der Waals surface area contributed by atoms with Crippen LogP contribution in [0.15, 0.2) is 53.7 Å². The lowest BCUT2D eigenvalue weighted by molar-refractivity contribution is -0.114. The number of anilines is 1. The molecule has 2 aromatic carbocycles. The minimum Gasteiger partial charge on any atom is -0.492 e. The van der Waals surface area contributed by atoms with Gasteiger partial charge in [0.1, 0.15) is 18.2 Å². The Morgan fingerprint density at radius 1 is 1.19 bits per heavy atom. The summed E-state index contributed by atoms with van der Waals surface area (Å²) in [5.41, 5.74) is 2.61. The number of H-pyrrole nitrogens is 1. The van der Waals surface area contributed by atoms with Gasteiger partial charge in [-0.25, -0.2) is 4.39 Å². The van der Waals surface area contributed by atoms with Crippen molar-refractivity contribution in [1.82, 2.24) is 15.6 Å². The highest BCUT2D eigenvalue weighted by molar-refractivity contribution is 5.88. The number of nitrogens with zero attached hydrogens (tertiary/aromatic N) is 1. The van der Waals surface area contributed by atoms with Crippen LogP contribution in [0.2, 0.25) is 0 Å². The van der Waals surface area contributed by atoms with Gasteiger partial charge in [0.25, 0.3) is 0 Å². The molecule has 4 N–H and O–H groups in total. The van der Waals surface area contributed by atoms with Crippen LogP contribution in [0.3, 0.4) is 0 Å². The van der Waals surface area contributed by atoms with Crippen LogP contribution in [-0.2, 0) is 11.2 Å². The smallest absolute Gasteiger partial charge is 0.221 e. The fourth-order valence-corrected chi connectivity index (χ4v) is 3.20. The zero-order chi connectivity index (χ0) is 22.1. The number of aliphatic imine (C=N–C) groups is 1. The first-order chi connectivity index (χ1) is 15.0. The Morgan fingerprint density at radius 2 is 2.06 bits per heavy atom. The monoisotopic (exact) mass is 425 g/mol. The number of halogens is 1. The number of nitrogens with one attached hydrogen (secondary N) is 4. The first kappa shape index (κ1) is 22.1. The van der Waals surface area contributed by atoms with Gasteiger partial charge in [0, 0.05) is 48.9 Å². The molecular weight excluding hydrogens is 397 g/mol. The highest BCUT2D eigenvalue weighted by Gasteiger charge is 2.05. The molecule has 0 saturated heterocycles. The van der Waals surface area contributed by atoms with Crippen molar-refractivity contribution in [2.24, 2.45) is 4.99 Å². The van der Waals surface area contributed by atoms with Crippen molar-refractivity contribution in [3.63, 3.8) is 0 Å². The van der Waals surface area contributed by atoms with Crippen molar-refractivity contribution in [3.05, 3.63) is 60.0 Å². The molecule has 8 heteroatoms. The van der Waals surface area contributed by atoms with Gasteiger partial charge >= 0.3 is 0 Å². The summed E-state index contributed by atoms with van der Waals surface area (Å²) in [5.74, 6) is 1.03. The molecule has 0 aliphatic rings. The molecule has 0 saturated carbocycles. The van der Waals surface area contributed by atoms with E-state index in [9.17, 15) is 9.18 Å². The summed E-state index contributed by atoms with van der Waals surface area (Å²) >= 11 is 0. The molecule has 1 heterocycles. The molecule has 7 nitrogen and oxygen atoms in total. The van der Waals surface area contributed by atoms with Gasteiger partial charge in [0.2, 0.25) is 5.91 Å². The minimum atomic E-state index is -0.249. The fraction of sp³-hybridized carbons (Fsp3) is 0.304. The molecule has 164 valence electrons. The summed E-state index contributed by atoms with van der Waals surface area (Å²) in [6.07, 6.45) is 2.65. The lowest BCUT2D eigenvalue weighted by Crippen LogP contribution is -2.39. The number of amides is 1. The molecule has 31 heavy (non-hydrogen) atoms. The number of rotatable bonds is 9. The fourth-order valence-electron chi connectivity index (χ4n) is 3.20. The van der Waals surface area contributed by atoms with Crippen molar-refractivity contribution in [1.29, 1.82) is 0 Å². The van der Waals surface area contributed by atoms with Crippen molar-refractivity contribution in [2.45, 2.75) is 20.3 Å². The lowest BCUT2D eigenvalue weighted by atomic mass is 10.1. The first-order valence-electron chi connectivity index (χ1n) is 10.3. The normalized spacial score (nSPS) is 11.4. The van der Waals surface area contributed by atoms with E-state index in [4.69, 9.17) is 4.74 Å². The van der Waals surface area contributed by atoms with Crippen molar-refractivity contribution in [3.8, 4) is 5.75 Å². The number of carbonyl (C=O) groups is 1. The molecule has 1 aromatic heterocycles. The van der Waals surface area contributed by atoms with Crippen LogP contribution in [0.4, 0.5) is 10.1 Å². The Kier molecular flexibility index (Phi) is 7.86. The van der Waals surface area contributed by atoms with Crippen LogP contribution in [0.5, 0.6) is 5.75 Å². The van der Waals surface area contributed by atoms with Gasteiger partial charge in [0.05, 0.1) is 6.54 Å². The highest BCUT2D eigenvalue weighted by Crippen LogP contribution is 2.19. The summed E-state index contributed by atoms with van der Waals surface area (Å²) < 4.78 is 19.1. The van der Waals surface area contributed by atoms with E-state index < -0.39 is 0 Å². The molecular formula is C23H28FN5O2. The summed E-state index contributed by atoms with van der Waals surface area (Å²) in [6.45, 7) is 5.84. The SMILES string of the molecule is CCNC(=NCCc1c[nH]c2cc(F)ccc12)NCCOc1cccc(NC(C)=O)c1. The van der Waals surface area contributed by atoms with Crippen LogP contribution >= 0.6 is 0 Å². The van der Waals surface area contributed by atoms with Crippen LogP contribution in [0, 0.1) is 5.82 Å². The topological polar surface area (TPSA) is 90.5 Å². The van der Waals surface area contributed by atoms with Gasteiger partial charge in [-0.05, 0) is 49.2 Å². The van der Waals surface area contributed by atoms with Gasteiger partial charge in [-0.1, -0.05) is 6.07 Å². The number of aromatic nitrogens is 1. The van der Waals surface area contributed by atoms with Crippen LogP contribution in [0.1, 0.15) is 19.4 Å². The van der Waals surface area contributed by atoms with Crippen molar-refractivity contribution >= 4 is 28.5 Å². The molecule has 0 unspecified atom stereocenters. The zero-order valence-electron chi connectivity index (χ0n) is 17.8. The number of benzene rings is 2. The second-order valence-corrected chi connectivity index (χ2v) is 7.00. The minimum absolute atomic E-state index is 0.120. The Bertz CT molecular complexity index is 1050. The van der Waals surface area contributed by atoms with E-state index in [0.29, 0.717) is 37.1 Å². The van der Waals surface area contributed by atoms with Crippen LogP contribution in [0.25, 0.3) is 10.9 Å². The summed E-state index contributed by atoms with van der Waals surface area (Å²) in [4.78, 5) is 18.9. The van der Waals surface area contributed by atoms with Gasteiger partial charge in [-0.3, -0.25) is 9.79 Å². The highest BCUT2D eigenvalue weighted by atomic mass is 19.1. The third kappa shape index (κ3) is 6.74. The standard InChI is InChI=1S/C23H28FN5O2/c1-3-25-23(26-10-9-17-15-28-22-13-18(24)7-8-21(17)22)27-11-12-31-20-6-4-5-19(14-20)29-16(2)30/h4-8,13-15,28H,3,9-12H2,1-2H3,(H,29,30)(H2,25,26,27). The number of hydrogen-bond donors (Lipinski definition) is 4. The largest absolute Gasteiger partial charge is 0.492 e. The van der Waals surface area contributed by atoms with E-state index >= 15 is 0 Å². The molecule has 0 aliphatic heterocycles. The molecule has 0 aliphatic carbocycles. The zero-order valence-corrected chi connectivity index (χ0v) is 17.8. The third-order valence-electron chi connectivity index (χ3n) is 4.54. The molecule has 0 spiro atoms. The number of hydrogen-bond acceptors (Lipinski definition) is 3. The van der Waals surface area contributed by atoms with E-state index in [-0.39, 0.29) is 11.7 Å². The molecule has 0 fully saturated rings. The maximum Gasteiger partial charge on any atom is 0.221 e. The van der Waals surface area contributed by atoms with E-state index in [1.54, 1.807) is 12.1 Å². The second-order valence-electron chi connectivity index (χ2n) is 7.00. The predicted octanol–water partition coefficient (Wildman–Crippen LogP) is 3.44. The van der Waals surface area contributed by atoms with Crippen LogP contribution in [-0.4, -0.2) is 43.1 Å². The van der Waals surface area contributed by atoms with Crippen molar-refractivity contribution in [2.75, 3.05) is 31.6 Å². The van der Waals surface area contributed by atoms with Gasteiger partial charge < -0.3 is 25.7 Å². The Morgan fingerprint density at radius 3 is 2.87 bits per heavy atom. The maximum atomic E-state index is 13.3. The lowest BCUT2D eigenvalue weighted by Gasteiger charge is -2.12. The van der Waals surface area contributed by atoms with Crippen molar-refractivity contribution < 1.29 is 13.9 Å². The molecule has 0 radical (unpaired) electrons. The average molecular weight is 426 g/mol. The number of carbonyl (C=O) groups excluding carboxylic acids is 1. The van der Waals surface area contributed by atoms with Gasteiger partial charge in [-0.2, -0.15) is 0 Å². The molecule has 3 aromatic rings. The van der Waals surface area contributed by atoms with Gasteiger partial charge in [-0.15, -0.1) is 0 Å². The summed E-state index contributed by atoms with van der Waals surface area (Å²) in [6, 6.07) is 12.0. The number of aromatic amines is 1. The van der Waals surface area contributed by atoms with E-state index in [0.717, 1.165) is 29.4 Å². The Hall–Kier alpha value is -3.55. The Labute approximate surface area is 181 Å². The molecule has 1 amide bonds. The second kappa shape index (κ2) is 11.0.